The minimum atomic E-state index is -0.959. The van der Waals surface area contributed by atoms with Crippen LogP contribution in [0.15, 0.2) is 23.1 Å². The standard InChI is InChI=1S/C12H17NO2S/c1-15-11-8-9(13)6-7-12(11)16(14)10-4-2-3-5-10/h6-8,10H,2-5,13H2,1H3. The van der Waals surface area contributed by atoms with Crippen molar-refractivity contribution in [1.29, 1.82) is 0 Å². The summed E-state index contributed by atoms with van der Waals surface area (Å²) in [5.41, 5.74) is 6.32. The van der Waals surface area contributed by atoms with Crippen molar-refractivity contribution in [2.75, 3.05) is 12.8 Å². The number of ether oxygens (including phenoxy) is 1. The molecule has 0 aromatic heterocycles. The van der Waals surface area contributed by atoms with Gasteiger partial charge in [0.05, 0.1) is 22.8 Å². The fourth-order valence-electron chi connectivity index (χ4n) is 2.13. The van der Waals surface area contributed by atoms with Gasteiger partial charge >= 0.3 is 0 Å². The zero-order valence-corrected chi connectivity index (χ0v) is 10.3. The van der Waals surface area contributed by atoms with Gasteiger partial charge in [-0.15, -0.1) is 0 Å². The Hall–Kier alpha value is -1.03. The van der Waals surface area contributed by atoms with Gasteiger partial charge in [-0.25, -0.2) is 0 Å². The van der Waals surface area contributed by atoms with Crippen LogP contribution in [-0.2, 0) is 10.8 Å². The summed E-state index contributed by atoms with van der Waals surface area (Å²) in [6.07, 6.45) is 4.49. The summed E-state index contributed by atoms with van der Waals surface area (Å²) >= 11 is 0. The van der Waals surface area contributed by atoms with E-state index in [1.54, 1.807) is 19.2 Å². The third-order valence-electron chi connectivity index (χ3n) is 3.01. The molecule has 4 heteroatoms. The third-order valence-corrected chi connectivity index (χ3v) is 4.86. The molecule has 1 aromatic carbocycles. The third kappa shape index (κ3) is 2.21. The molecule has 3 nitrogen and oxygen atoms in total. The highest BCUT2D eigenvalue weighted by Gasteiger charge is 2.24. The lowest BCUT2D eigenvalue weighted by molar-refractivity contribution is 0.404. The van der Waals surface area contributed by atoms with E-state index in [0.29, 0.717) is 11.4 Å². The van der Waals surface area contributed by atoms with Gasteiger partial charge in [0, 0.05) is 17.0 Å². The molecular formula is C12H17NO2S. The van der Waals surface area contributed by atoms with E-state index < -0.39 is 10.8 Å². The Morgan fingerprint density at radius 1 is 1.38 bits per heavy atom. The molecule has 1 aliphatic rings. The van der Waals surface area contributed by atoms with Gasteiger partial charge in [-0.1, -0.05) is 12.8 Å². The molecule has 0 heterocycles. The van der Waals surface area contributed by atoms with Gasteiger partial charge in [-0.3, -0.25) is 4.21 Å². The summed E-state index contributed by atoms with van der Waals surface area (Å²) in [6.45, 7) is 0. The van der Waals surface area contributed by atoms with Crippen molar-refractivity contribution in [2.45, 2.75) is 35.8 Å². The largest absolute Gasteiger partial charge is 0.495 e. The highest BCUT2D eigenvalue weighted by atomic mass is 32.2. The first kappa shape index (κ1) is 11.5. The van der Waals surface area contributed by atoms with Gasteiger partial charge in [-0.2, -0.15) is 0 Å². The second kappa shape index (κ2) is 4.87. The Kier molecular flexibility index (Phi) is 3.49. The van der Waals surface area contributed by atoms with Crippen LogP contribution < -0.4 is 10.5 Å². The average Bonchev–Trinajstić information content (AvgIpc) is 2.81. The van der Waals surface area contributed by atoms with Crippen molar-refractivity contribution in [3.63, 3.8) is 0 Å². The molecule has 2 N–H and O–H groups in total. The van der Waals surface area contributed by atoms with Gasteiger partial charge in [0.2, 0.25) is 0 Å². The van der Waals surface area contributed by atoms with E-state index in [4.69, 9.17) is 10.5 Å². The smallest absolute Gasteiger partial charge is 0.137 e. The molecule has 1 fully saturated rings. The van der Waals surface area contributed by atoms with Crippen LogP contribution in [0.2, 0.25) is 0 Å². The summed E-state index contributed by atoms with van der Waals surface area (Å²) in [7, 11) is 0.628. The highest BCUT2D eigenvalue weighted by Crippen LogP contribution is 2.32. The van der Waals surface area contributed by atoms with Gasteiger partial charge in [-0.05, 0) is 25.0 Å². The first-order chi connectivity index (χ1) is 7.72. The molecule has 1 unspecified atom stereocenters. The molecule has 0 radical (unpaired) electrons. The van der Waals surface area contributed by atoms with Crippen LogP contribution in [0.25, 0.3) is 0 Å². The Bertz CT molecular complexity index is 400. The molecule has 1 atom stereocenters. The van der Waals surface area contributed by atoms with Crippen LogP contribution in [0.4, 0.5) is 5.69 Å². The minimum absolute atomic E-state index is 0.289. The van der Waals surface area contributed by atoms with Crippen molar-refractivity contribution in [3.05, 3.63) is 18.2 Å². The molecule has 1 aliphatic carbocycles. The number of hydrogen-bond donors (Lipinski definition) is 1. The Balaban J connectivity index is 2.28. The topological polar surface area (TPSA) is 52.3 Å². The molecule has 0 saturated heterocycles. The number of nitrogen functional groups attached to an aromatic ring is 1. The molecule has 0 aliphatic heterocycles. The number of rotatable bonds is 3. The van der Waals surface area contributed by atoms with Crippen molar-refractivity contribution < 1.29 is 8.95 Å². The summed E-state index contributed by atoms with van der Waals surface area (Å²) in [6, 6.07) is 5.34. The number of methoxy groups -OCH3 is 1. The van der Waals surface area contributed by atoms with Gasteiger partial charge < -0.3 is 10.5 Å². The van der Waals surface area contributed by atoms with Crippen LogP contribution >= 0.6 is 0 Å². The predicted octanol–water partition coefficient (Wildman–Crippen LogP) is 2.33. The Labute approximate surface area is 98.4 Å². The van der Waals surface area contributed by atoms with Gasteiger partial charge in [0.1, 0.15) is 5.75 Å². The van der Waals surface area contributed by atoms with Gasteiger partial charge in [0.15, 0.2) is 0 Å². The van der Waals surface area contributed by atoms with Gasteiger partial charge in [0.25, 0.3) is 0 Å². The van der Waals surface area contributed by atoms with E-state index in [1.165, 1.54) is 12.8 Å². The highest BCUT2D eigenvalue weighted by molar-refractivity contribution is 7.85. The summed E-state index contributed by atoms with van der Waals surface area (Å²) in [5, 5.41) is 0.289. The normalized spacial score (nSPS) is 18.6. The average molecular weight is 239 g/mol. The van der Waals surface area contributed by atoms with E-state index in [9.17, 15) is 4.21 Å². The first-order valence-corrected chi connectivity index (χ1v) is 6.78. The molecule has 1 aromatic rings. The van der Waals surface area contributed by atoms with Crippen LogP contribution in [0.5, 0.6) is 5.75 Å². The summed E-state index contributed by atoms with van der Waals surface area (Å²) in [5.74, 6) is 0.644. The van der Waals surface area contributed by atoms with Crippen LogP contribution in [0, 0.1) is 0 Å². The number of hydrogen-bond acceptors (Lipinski definition) is 3. The molecule has 0 spiro atoms. The van der Waals surface area contributed by atoms with Crippen LogP contribution in [0.3, 0.4) is 0 Å². The fourth-order valence-corrected chi connectivity index (χ4v) is 3.80. The van der Waals surface area contributed by atoms with E-state index >= 15 is 0 Å². The SMILES string of the molecule is COc1cc(N)ccc1S(=O)C1CCCC1. The molecule has 0 amide bonds. The maximum Gasteiger partial charge on any atom is 0.137 e. The van der Waals surface area contributed by atoms with E-state index in [0.717, 1.165) is 17.7 Å². The molecular weight excluding hydrogens is 222 g/mol. The molecule has 0 bridgehead atoms. The summed E-state index contributed by atoms with van der Waals surface area (Å²) in [4.78, 5) is 0.781. The lowest BCUT2D eigenvalue weighted by Crippen LogP contribution is -2.11. The first-order valence-electron chi connectivity index (χ1n) is 5.56. The Morgan fingerprint density at radius 2 is 2.06 bits per heavy atom. The van der Waals surface area contributed by atoms with E-state index in [-0.39, 0.29) is 5.25 Å². The molecule has 1 saturated carbocycles. The monoisotopic (exact) mass is 239 g/mol. The van der Waals surface area contributed by atoms with Crippen molar-refractivity contribution in [2.24, 2.45) is 0 Å². The zero-order valence-electron chi connectivity index (χ0n) is 9.44. The van der Waals surface area contributed by atoms with Crippen molar-refractivity contribution in [3.8, 4) is 5.75 Å². The molecule has 16 heavy (non-hydrogen) atoms. The van der Waals surface area contributed by atoms with Crippen molar-refractivity contribution in [1.82, 2.24) is 0 Å². The molecule has 2 rings (SSSR count). The van der Waals surface area contributed by atoms with E-state index in [1.807, 2.05) is 6.07 Å². The number of benzene rings is 1. The zero-order chi connectivity index (χ0) is 11.5. The Morgan fingerprint density at radius 3 is 2.69 bits per heavy atom. The quantitative estimate of drug-likeness (QED) is 0.824. The maximum absolute atomic E-state index is 12.3. The fraction of sp³-hybridized carbons (Fsp3) is 0.500. The predicted molar refractivity (Wildman–Crippen MR) is 66.1 cm³/mol. The second-order valence-corrected chi connectivity index (χ2v) is 5.82. The minimum Gasteiger partial charge on any atom is -0.495 e. The van der Waals surface area contributed by atoms with Crippen molar-refractivity contribution >= 4 is 16.5 Å². The molecule has 88 valence electrons. The lowest BCUT2D eigenvalue weighted by Gasteiger charge is -2.13. The van der Waals surface area contributed by atoms with Crippen LogP contribution in [-0.4, -0.2) is 16.6 Å². The van der Waals surface area contributed by atoms with Crippen LogP contribution in [0.1, 0.15) is 25.7 Å². The maximum atomic E-state index is 12.3. The van der Waals surface area contributed by atoms with E-state index in [2.05, 4.69) is 0 Å². The number of nitrogens with two attached hydrogens (primary N) is 1. The second-order valence-electron chi connectivity index (χ2n) is 4.11. The summed E-state index contributed by atoms with van der Waals surface area (Å²) < 4.78 is 17.6. The lowest BCUT2D eigenvalue weighted by atomic mass is 10.3. The number of anilines is 1.